The number of rotatable bonds is 1. The number of aromatic nitrogens is 3. The van der Waals surface area contributed by atoms with Gasteiger partial charge in [0, 0.05) is 17.1 Å². The van der Waals surface area contributed by atoms with Crippen LogP contribution < -0.4 is 0 Å². The third-order valence-corrected chi connectivity index (χ3v) is 4.05. The predicted octanol–water partition coefficient (Wildman–Crippen LogP) is 4.16. The molecular formula is C13H9ClFN3S. The van der Waals surface area contributed by atoms with Crippen molar-refractivity contribution in [1.29, 1.82) is 0 Å². The van der Waals surface area contributed by atoms with Crippen LogP contribution in [0.25, 0.3) is 21.6 Å². The lowest BCUT2D eigenvalue weighted by Crippen LogP contribution is -1.94. The summed E-state index contributed by atoms with van der Waals surface area (Å²) in [6, 6.07) is 2.98. The molecule has 0 aliphatic carbocycles. The molecule has 2 aromatic heterocycles. The van der Waals surface area contributed by atoms with E-state index >= 15 is 0 Å². The first kappa shape index (κ1) is 12.4. The molecule has 19 heavy (non-hydrogen) atoms. The van der Waals surface area contributed by atoms with Crippen LogP contribution in [0.15, 0.2) is 18.3 Å². The average Bonchev–Trinajstić information content (AvgIpc) is 2.81. The molecule has 2 heterocycles. The van der Waals surface area contributed by atoms with Gasteiger partial charge in [-0.05, 0) is 26.0 Å². The van der Waals surface area contributed by atoms with E-state index in [1.54, 1.807) is 19.2 Å². The normalized spacial score (nSPS) is 11.2. The van der Waals surface area contributed by atoms with Gasteiger partial charge < -0.3 is 0 Å². The predicted molar refractivity (Wildman–Crippen MR) is 75.1 cm³/mol. The van der Waals surface area contributed by atoms with Gasteiger partial charge in [-0.15, -0.1) is 11.3 Å². The lowest BCUT2D eigenvalue weighted by Gasteiger charge is -2.06. The Labute approximate surface area is 118 Å². The summed E-state index contributed by atoms with van der Waals surface area (Å²) < 4.78 is 13.6. The van der Waals surface area contributed by atoms with Gasteiger partial charge in [0.2, 0.25) is 0 Å². The highest BCUT2D eigenvalue weighted by atomic mass is 35.5. The molecule has 3 nitrogen and oxygen atoms in total. The Morgan fingerprint density at radius 1 is 1.21 bits per heavy atom. The summed E-state index contributed by atoms with van der Waals surface area (Å²) >= 11 is 7.63. The standard InChI is InChI=1S/C13H9ClFN3S/c1-6-9(15)4-3-8-11(6)17-13(18-12(8)14)10-5-16-7(2)19-10/h3-5H,1-2H3. The Balaban J connectivity index is 2.31. The fourth-order valence-corrected chi connectivity index (χ4v) is 2.79. The zero-order valence-corrected chi connectivity index (χ0v) is 11.8. The molecule has 0 saturated heterocycles. The zero-order chi connectivity index (χ0) is 13.6. The smallest absolute Gasteiger partial charge is 0.173 e. The largest absolute Gasteiger partial charge is 0.249 e. The van der Waals surface area contributed by atoms with Crippen molar-refractivity contribution in [2.75, 3.05) is 0 Å². The van der Waals surface area contributed by atoms with Crippen molar-refractivity contribution in [3.8, 4) is 10.7 Å². The Kier molecular flexibility index (Phi) is 2.95. The third kappa shape index (κ3) is 2.09. The molecule has 0 unspecified atom stereocenters. The van der Waals surface area contributed by atoms with E-state index in [9.17, 15) is 4.39 Å². The number of fused-ring (bicyclic) bond motifs is 1. The van der Waals surface area contributed by atoms with E-state index in [4.69, 9.17) is 11.6 Å². The molecule has 96 valence electrons. The van der Waals surface area contributed by atoms with Gasteiger partial charge in [-0.2, -0.15) is 0 Å². The van der Waals surface area contributed by atoms with E-state index in [1.807, 2.05) is 6.92 Å². The van der Waals surface area contributed by atoms with Gasteiger partial charge in [0.15, 0.2) is 5.82 Å². The summed E-state index contributed by atoms with van der Waals surface area (Å²) in [6.07, 6.45) is 1.70. The van der Waals surface area contributed by atoms with Crippen molar-refractivity contribution >= 4 is 33.8 Å². The lowest BCUT2D eigenvalue weighted by atomic mass is 10.1. The fourth-order valence-electron chi connectivity index (χ4n) is 1.85. The van der Waals surface area contributed by atoms with E-state index in [-0.39, 0.29) is 5.82 Å². The molecule has 0 radical (unpaired) electrons. The van der Waals surface area contributed by atoms with E-state index in [1.165, 1.54) is 17.4 Å². The number of nitrogens with zero attached hydrogens (tertiary/aromatic N) is 3. The summed E-state index contributed by atoms with van der Waals surface area (Å²) in [5.41, 5.74) is 1.02. The van der Waals surface area contributed by atoms with Crippen LogP contribution in [0.1, 0.15) is 10.6 Å². The number of hydrogen-bond acceptors (Lipinski definition) is 4. The van der Waals surface area contributed by atoms with Gasteiger partial charge in [0.1, 0.15) is 11.0 Å². The van der Waals surface area contributed by atoms with Crippen molar-refractivity contribution < 1.29 is 4.39 Å². The van der Waals surface area contributed by atoms with E-state index in [2.05, 4.69) is 15.0 Å². The molecule has 0 N–H and O–H groups in total. The molecule has 3 rings (SSSR count). The van der Waals surface area contributed by atoms with Crippen molar-refractivity contribution in [1.82, 2.24) is 15.0 Å². The minimum atomic E-state index is -0.297. The molecular weight excluding hydrogens is 285 g/mol. The molecule has 0 saturated carbocycles. The van der Waals surface area contributed by atoms with Gasteiger partial charge in [0.05, 0.1) is 15.4 Å². The second-order valence-electron chi connectivity index (χ2n) is 4.15. The van der Waals surface area contributed by atoms with Crippen LogP contribution in [0.3, 0.4) is 0 Å². The molecule has 0 atom stereocenters. The van der Waals surface area contributed by atoms with Gasteiger partial charge in [0.25, 0.3) is 0 Å². The summed E-state index contributed by atoms with van der Waals surface area (Å²) in [4.78, 5) is 13.7. The minimum absolute atomic E-state index is 0.297. The number of hydrogen-bond donors (Lipinski definition) is 0. The minimum Gasteiger partial charge on any atom is -0.249 e. The SMILES string of the molecule is Cc1ncc(-c2nc(Cl)c3ccc(F)c(C)c3n2)s1. The molecule has 0 spiro atoms. The highest BCUT2D eigenvalue weighted by Gasteiger charge is 2.13. The molecule has 0 amide bonds. The molecule has 0 aliphatic heterocycles. The van der Waals surface area contributed by atoms with Crippen LogP contribution >= 0.6 is 22.9 Å². The Morgan fingerprint density at radius 2 is 2.00 bits per heavy atom. The third-order valence-electron chi connectivity index (χ3n) is 2.85. The van der Waals surface area contributed by atoms with E-state index in [0.29, 0.717) is 27.4 Å². The van der Waals surface area contributed by atoms with E-state index < -0.39 is 0 Å². The van der Waals surface area contributed by atoms with Crippen LogP contribution in [0, 0.1) is 19.7 Å². The number of halogens is 2. The highest BCUT2D eigenvalue weighted by Crippen LogP contribution is 2.29. The number of thiazole rings is 1. The fraction of sp³-hybridized carbons (Fsp3) is 0.154. The Hall–Kier alpha value is -1.59. The molecule has 0 fully saturated rings. The molecule has 6 heteroatoms. The quantitative estimate of drug-likeness (QED) is 0.632. The Bertz CT molecular complexity index is 785. The first-order valence-corrected chi connectivity index (χ1v) is 6.81. The summed E-state index contributed by atoms with van der Waals surface area (Å²) in [7, 11) is 0. The van der Waals surface area contributed by atoms with Gasteiger partial charge in [-0.1, -0.05) is 11.6 Å². The molecule has 1 aromatic carbocycles. The van der Waals surface area contributed by atoms with Crippen LogP contribution in [0.4, 0.5) is 4.39 Å². The maximum Gasteiger partial charge on any atom is 0.173 e. The molecule has 0 bridgehead atoms. The van der Waals surface area contributed by atoms with Gasteiger partial charge in [-0.25, -0.2) is 19.3 Å². The van der Waals surface area contributed by atoms with Crippen molar-refractivity contribution in [3.63, 3.8) is 0 Å². The first-order chi connectivity index (χ1) is 9.06. The first-order valence-electron chi connectivity index (χ1n) is 5.61. The second-order valence-corrected chi connectivity index (χ2v) is 5.74. The van der Waals surface area contributed by atoms with Crippen molar-refractivity contribution in [3.05, 3.63) is 39.9 Å². The second kappa shape index (κ2) is 4.51. The maximum atomic E-state index is 13.6. The van der Waals surface area contributed by atoms with Crippen LogP contribution in [-0.4, -0.2) is 15.0 Å². The number of aryl methyl sites for hydroxylation is 2. The molecule has 0 aliphatic rings. The summed E-state index contributed by atoms with van der Waals surface area (Å²) in [6.45, 7) is 3.59. The summed E-state index contributed by atoms with van der Waals surface area (Å²) in [5, 5.41) is 1.91. The van der Waals surface area contributed by atoms with Gasteiger partial charge in [-0.3, -0.25) is 0 Å². The Morgan fingerprint density at radius 3 is 2.68 bits per heavy atom. The summed E-state index contributed by atoms with van der Waals surface area (Å²) in [5.74, 6) is 0.186. The monoisotopic (exact) mass is 293 g/mol. The van der Waals surface area contributed by atoms with Crippen LogP contribution in [-0.2, 0) is 0 Å². The van der Waals surface area contributed by atoms with Crippen LogP contribution in [0.2, 0.25) is 5.15 Å². The lowest BCUT2D eigenvalue weighted by molar-refractivity contribution is 0.620. The van der Waals surface area contributed by atoms with Crippen molar-refractivity contribution in [2.24, 2.45) is 0 Å². The highest BCUT2D eigenvalue weighted by molar-refractivity contribution is 7.14. The zero-order valence-electron chi connectivity index (χ0n) is 10.2. The topological polar surface area (TPSA) is 38.7 Å². The number of benzene rings is 1. The van der Waals surface area contributed by atoms with Gasteiger partial charge >= 0.3 is 0 Å². The van der Waals surface area contributed by atoms with E-state index in [0.717, 1.165) is 9.88 Å². The average molecular weight is 294 g/mol. The molecule has 3 aromatic rings. The van der Waals surface area contributed by atoms with Crippen molar-refractivity contribution in [2.45, 2.75) is 13.8 Å². The maximum absolute atomic E-state index is 13.6. The van der Waals surface area contributed by atoms with Crippen LogP contribution in [0.5, 0.6) is 0 Å².